The summed E-state index contributed by atoms with van der Waals surface area (Å²) in [5.41, 5.74) is 4.02. The zero-order valence-electron chi connectivity index (χ0n) is 13.0. The second-order valence-electron chi connectivity index (χ2n) is 4.69. The molecule has 0 saturated carbocycles. The van der Waals surface area contributed by atoms with Gasteiger partial charge in [-0.05, 0) is 48.4 Å². The van der Waals surface area contributed by atoms with Crippen LogP contribution in [0.15, 0.2) is 42.5 Å². The van der Waals surface area contributed by atoms with Gasteiger partial charge in [0.15, 0.2) is 0 Å². The second-order valence-corrected chi connectivity index (χ2v) is 4.69. The highest BCUT2D eigenvalue weighted by Crippen LogP contribution is 2.30. The fourth-order valence-corrected chi connectivity index (χ4v) is 2.46. The highest BCUT2D eigenvalue weighted by Gasteiger charge is 2.29. The first-order chi connectivity index (χ1) is 10.2. The lowest BCUT2D eigenvalue weighted by atomic mass is 10.1. The first-order valence-electron chi connectivity index (χ1n) is 7.25. The van der Waals surface area contributed by atoms with E-state index in [0.29, 0.717) is 6.54 Å². The van der Waals surface area contributed by atoms with E-state index in [1.165, 1.54) is 5.56 Å². The number of methoxy groups -OCH3 is 1. The van der Waals surface area contributed by atoms with Gasteiger partial charge >= 0.3 is 0 Å². The third kappa shape index (κ3) is 2.77. The lowest BCUT2D eigenvalue weighted by Gasteiger charge is -2.16. The fraction of sp³-hybridized carbons (Fsp3) is 0.278. The number of ether oxygens (including phenoxy) is 1. The third-order valence-electron chi connectivity index (χ3n) is 3.59. The van der Waals surface area contributed by atoms with E-state index >= 15 is 0 Å². The Bertz CT molecular complexity index is 632. The maximum Gasteiger partial charge on any atom is 0.258 e. The first-order valence-corrected chi connectivity index (χ1v) is 7.25. The molecule has 0 radical (unpaired) electrons. The van der Waals surface area contributed by atoms with Gasteiger partial charge in [-0.15, -0.1) is 0 Å². The van der Waals surface area contributed by atoms with Gasteiger partial charge in [0.2, 0.25) is 0 Å². The zero-order chi connectivity index (χ0) is 15.4. The molecule has 0 N–H and O–H groups in total. The summed E-state index contributed by atoms with van der Waals surface area (Å²) in [5.74, 6) is 0.868. The third-order valence-corrected chi connectivity index (χ3v) is 3.59. The van der Waals surface area contributed by atoms with Crippen LogP contribution in [0.5, 0.6) is 5.75 Å². The summed E-state index contributed by atoms with van der Waals surface area (Å²) in [6.07, 6.45) is 0. The number of benzene rings is 2. The van der Waals surface area contributed by atoms with Crippen molar-refractivity contribution in [2.75, 3.05) is 12.0 Å². The van der Waals surface area contributed by atoms with Gasteiger partial charge in [-0.1, -0.05) is 26.0 Å². The SMILES string of the molecule is CC.COc1ccc(N2Cc3c(C)cccc3C2=O)cc1. The van der Waals surface area contributed by atoms with Gasteiger partial charge < -0.3 is 9.64 Å². The summed E-state index contributed by atoms with van der Waals surface area (Å²) in [6, 6.07) is 13.5. The average molecular weight is 283 g/mol. The molecule has 1 aliphatic rings. The van der Waals surface area contributed by atoms with Crippen molar-refractivity contribution in [1.82, 2.24) is 0 Å². The number of amides is 1. The van der Waals surface area contributed by atoms with E-state index in [0.717, 1.165) is 22.6 Å². The number of carbonyl (C=O) groups excluding carboxylic acids is 1. The molecule has 0 atom stereocenters. The quantitative estimate of drug-likeness (QED) is 0.827. The van der Waals surface area contributed by atoms with Crippen LogP contribution in [0.25, 0.3) is 0 Å². The number of fused-ring (bicyclic) bond motifs is 1. The predicted octanol–water partition coefficient (Wildman–Crippen LogP) is 4.19. The zero-order valence-corrected chi connectivity index (χ0v) is 13.0. The number of hydrogen-bond donors (Lipinski definition) is 0. The highest BCUT2D eigenvalue weighted by atomic mass is 16.5. The van der Waals surface area contributed by atoms with E-state index in [1.807, 2.05) is 63.2 Å². The number of nitrogens with zero attached hydrogens (tertiary/aromatic N) is 1. The lowest BCUT2D eigenvalue weighted by molar-refractivity contribution is 0.0996. The summed E-state index contributed by atoms with van der Waals surface area (Å²) in [4.78, 5) is 14.2. The smallest absolute Gasteiger partial charge is 0.258 e. The molecule has 3 nitrogen and oxygen atoms in total. The molecule has 1 heterocycles. The van der Waals surface area contributed by atoms with Gasteiger partial charge in [0, 0.05) is 11.3 Å². The molecular weight excluding hydrogens is 262 g/mol. The Morgan fingerprint density at radius 3 is 2.29 bits per heavy atom. The molecule has 2 aromatic rings. The molecule has 3 heteroatoms. The van der Waals surface area contributed by atoms with Crippen LogP contribution >= 0.6 is 0 Å². The fourth-order valence-electron chi connectivity index (χ4n) is 2.46. The summed E-state index contributed by atoms with van der Waals surface area (Å²) < 4.78 is 5.14. The van der Waals surface area contributed by atoms with Crippen LogP contribution in [-0.2, 0) is 6.54 Å². The Balaban J connectivity index is 0.000000774. The minimum absolute atomic E-state index is 0.0730. The van der Waals surface area contributed by atoms with E-state index in [1.54, 1.807) is 12.0 Å². The van der Waals surface area contributed by atoms with E-state index in [4.69, 9.17) is 4.74 Å². The van der Waals surface area contributed by atoms with Crippen LogP contribution in [0, 0.1) is 6.92 Å². The largest absolute Gasteiger partial charge is 0.497 e. The molecule has 0 spiro atoms. The van der Waals surface area contributed by atoms with E-state index in [2.05, 4.69) is 0 Å². The van der Waals surface area contributed by atoms with E-state index < -0.39 is 0 Å². The maximum absolute atomic E-state index is 12.4. The molecule has 2 aromatic carbocycles. The molecule has 3 rings (SSSR count). The Labute approximate surface area is 126 Å². The predicted molar refractivity (Wildman–Crippen MR) is 86.0 cm³/mol. The molecule has 1 amide bonds. The van der Waals surface area contributed by atoms with Crippen molar-refractivity contribution in [1.29, 1.82) is 0 Å². The van der Waals surface area contributed by atoms with Crippen LogP contribution in [0.1, 0.15) is 35.3 Å². The normalized spacial score (nSPS) is 12.6. The van der Waals surface area contributed by atoms with Crippen molar-refractivity contribution in [3.05, 3.63) is 59.2 Å². The Kier molecular flexibility index (Phi) is 4.63. The van der Waals surface area contributed by atoms with E-state index in [-0.39, 0.29) is 5.91 Å². The van der Waals surface area contributed by atoms with Crippen molar-refractivity contribution < 1.29 is 9.53 Å². The van der Waals surface area contributed by atoms with Crippen molar-refractivity contribution >= 4 is 11.6 Å². The first kappa shape index (κ1) is 15.1. The van der Waals surface area contributed by atoms with Gasteiger partial charge in [0.25, 0.3) is 5.91 Å². The summed E-state index contributed by atoms with van der Waals surface area (Å²) >= 11 is 0. The molecule has 1 aliphatic heterocycles. The Morgan fingerprint density at radius 1 is 1.05 bits per heavy atom. The average Bonchev–Trinajstić information content (AvgIpc) is 2.88. The van der Waals surface area contributed by atoms with Gasteiger partial charge in [0.05, 0.1) is 13.7 Å². The summed E-state index contributed by atoms with van der Waals surface area (Å²) in [6.45, 7) is 6.69. The number of anilines is 1. The Morgan fingerprint density at radius 2 is 1.71 bits per heavy atom. The van der Waals surface area contributed by atoms with Crippen LogP contribution < -0.4 is 9.64 Å². The summed E-state index contributed by atoms with van der Waals surface area (Å²) in [7, 11) is 1.63. The van der Waals surface area contributed by atoms with E-state index in [9.17, 15) is 4.79 Å². The monoisotopic (exact) mass is 283 g/mol. The number of hydrogen-bond acceptors (Lipinski definition) is 2. The molecule has 0 aliphatic carbocycles. The molecule has 110 valence electrons. The van der Waals surface area contributed by atoms with Crippen molar-refractivity contribution in [2.45, 2.75) is 27.3 Å². The standard InChI is InChI=1S/C16H15NO2.C2H6/c1-11-4-3-5-14-15(11)10-17(16(14)18)12-6-8-13(19-2)9-7-12;1-2/h3-9H,10H2,1-2H3;1-2H3. The number of carbonyl (C=O) groups is 1. The van der Waals surface area contributed by atoms with Crippen LogP contribution in [0.2, 0.25) is 0 Å². The summed E-state index contributed by atoms with van der Waals surface area (Å²) in [5, 5.41) is 0. The second kappa shape index (κ2) is 6.44. The van der Waals surface area contributed by atoms with Crippen molar-refractivity contribution in [2.24, 2.45) is 0 Å². The molecule has 21 heavy (non-hydrogen) atoms. The molecule has 0 bridgehead atoms. The number of rotatable bonds is 2. The maximum atomic E-state index is 12.4. The van der Waals surface area contributed by atoms with Crippen molar-refractivity contribution in [3.8, 4) is 5.75 Å². The lowest BCUT2D eigenvalue weighted by Crippen LogP contribution is -2.22. The molecular formula is C18H21NO2. The van der Waals surface area contributed by atoms with Crippen molar-refractivity contribution in [3.63, 3.8) is 0 Å². The van der Waals surface area contributed by atoms with Crippen LogP contribution in [0.3, 0.4) is 0 Å². The molecule has 0 aromatic heterocycles. The van der Waals surface area contributed by atoms with Gasteiger partial charge in [0.1, 0.15) is 5.75 Å². The minimum atomic E-state index is 0.0730. The van der Waals surface area contributed by atoms with Gasteiger partial charge in [-0.2, -0.15) is 0 Å². The topological polar surface area (TPSA) is 29.5 Å². The number of aryl methyl sites for hydroxylation is 1. The molecule has 0 saturated heterocycles. The Hall–Kier alpha value is -2.29. The highest BCUT2D eigenvalue weighted by molar-refractivity contribution is 6.10. The molecule has 0 unspecified atom stereocenters. The van der Waals surface area contributed by atoms with Gasteiger partial charge in [-0.25, -0.2) is 0 Å². The van der Waals surface area contributed by atoms with Crippen LogP contribution in [-0.4, -0.2) is 13.0 Å². The molecule has 0 fully saturated rings. The van der Waals surface area contributed by atoms with Gasteiger partial charge in [-0.3, -0.25) is 4.79 Å². The van der Waals surface area contributed by atoms with Crippen LogP contribution in [0.4, 0.5) is 5.69 Å². The minimum Gasteiger partial charge on any atom is -0.497 e.